The van der Waals surface area contributed by atoms with Crippen LogP contribution in [0.4, 0.5) is 0 Å². The Labute approximate surface area is 93.3 Å². The number of ketones is 1. The highest BCUT2D eigenvalue weighted by Gasteiger charge is 2.19. The Bertz CT molecular complexity index is 271. The van der Waals surface area contributed by atoms with Crippen LogP contribution in [0.5, 0.6) is 0 Å². The summed E-state index contributed by atoms with van der Waals surface area (Å²) in [4.78, 5) is 11.6. The number of allylic oxidation sites excluding steroid dienone is 4. The molecule has 0 aliphatic heterocycles. The van der Waals surface area contributed by atoms with Gasteiger partial charge in [-0.1, -0.05) is 31.6 Å². The summed E-state index contributed by atoms with van der Waals surface area (Å²) in [6.07, 6.45) is 10.4. The van der Waals surface area contributed by atoms with E-state index in [0.717, 1.165) is 25.2 Å². The first kappa shape index (κ1) is 12.2. The van der Waals surface area contributed by atoms with E-state index in [-0.39, 0.29) is 5.92 Å². The Morgan fingerprint density at radius 3 is 2.93 bits per heavy atom. The number of hydrogen-bond donors (Lipinski definition) is 0. The molecule has 1 unspecified atom stereocenters. The van der Waals surface area contributed by atoms with Crippen LogP contribution in [-0.4, -0.2) is 5.78 Å². The quantitative estimate of drug-likeness (QED) is 0.637. The first-order chi connectivity index (χ1) is 7.11. The predicted molar refractivity (Wildman–Crippen MR) is 64.7 cm³/mol. The van der Waals surface area contributed by atoms with Gasteiger partial charge in [0.25, 0.3) is 0 Å². The van der Waals surface area contributed by atoms with Crippen molar-refractivity contribution in [3.8, 4) is 0 Å². The number of carbonyl (C=O) groups is 1. The van der Waals surface area contributed by atoms with Crippen molar-refractivity contribution in [3.05, 3.63) is 23.8 Å². The lowest BCUT2D eigenvalue weighted by Crippen LogP contribution is -2.16. The molecule has 0 aromatic carbocycles. The lowest BCUT2D eigenvalue weighted by Gasteiger charge is -2.17. The third kappa shape index (κ3) is 4.03. The minimum Gasteiger partial charge on any atom is -0.294 e. The Morgan fingerprint density at radius 1 is 1.60 bits per heavy atom. The molecule has 0 saturated heterocycles. The number of carbonyl (C=O) groups excluding carboxylic acids is 1. The topological polar surface area (TPSA) is 17.1 Å². The SMILES string of the molecule is C/C(=C\CCC(C)C)C1CCC=CC1=O. The fourth-order valence-electron chi connectivity index (χ4n) is 1.96. The minimum atomic E-state index is 0.169. The predicted octanol–water partition coefficient (Wildman–Crippen LogP) is 3.90. The Kier molecular flexibility index (Phi) is 4.80. The largest absolute Gasteiger partial charge is 0.294 e. The maximum atomic E-state index is 11.6. The molecule has 0 amide bonds. The average molecular weight is 206 g/mol. The summed E-state index contributed by atoms with van der Waals surface area (Å²) in [5.41, 5.74) is 1.27. The van der Waals surface area contributed by atoms with Crippen LogP contribution in [0.3, 0.4) is 0 Å². The highest BCUT2D eigenvalue weighted by atomic mass is 16.1. The molecular weight excluding hydrogens is 184 g/mol. The molecular formula is C14H22O. The summed E-state index contributed by atoms with van der Waals surface area (Å²) >= 11 is 0. The zero-order valence-corrected chi connectivity index (χ0v) is 10.1. The smallest absolute Gasteiger partial charge is 0.162 e. The zero-order chi connectivity index (χ0) is 11.3. The van der Waals surface area contributed by atoms with Gasteiger partial charge in [-0.25, -0.2) is 0 Å². The minimum absolute atomic E-state index is 0.169. The average Bonchev–Trinajstić information content (AvgIpc) is 2.17. The van der Waals surface area contributed by atoms with E-state index in [2.05, 4.69) is 26.8 Å². The Balaban J connectivity index is 2.48. The van der Waals surface area contributed by atoms with Crippen LogP contribution in [-0.2, 0) is 4.79 Å². The summed E-state index contributed by atoms with van der Waals surface area (Å²) in [5, 5.41) is 0. The van der Waals surface area contributed by atoms with Crippen molar-refractivity contribution >= 4 is 5.78 Å². The fourth-order valence-corrected chi connectivity index (χ4v) is 1.96. The van der Waals surface area contributed by atoms with Crippen molar-refractivity contribution in [3.63, 3.8) is 0 Å². The number of rotatable bonds is 4. The molecule has 1 atom stereocenters. The molecule has 0 saturated carbocycles. The van der Waals surface area contributed by atoms with E-state index in [0.29, 0.717) is 5.78 Å². The van der Waals surface area contributed by atoms with Crippen LogP contribution in [0.1, 0.15) is 46.5 Å². The van der Waals surface area contributed by atoms with Gasteiger partial charge in [0.2, 0.25) is 0 Å². The van der Waals surface area contributed by atoms with Crippen LogP contribution in [0.2, 0.25) is 0 Å². The van der Waals surface area contributed by atoms with Gasteiger partial charge in [0.1, 0.15) is 0 Å². The molecule has 0 spiro atoms. The standard InChI is InChI=1S/C14H22O/c1-11(2)7-6-8-12(3)13-9-4-5-10-14(13)15/h5,8,10-11,13H,4,6-7,9H2,1-3H3/b12-8+. The molecule has 0 bridgehead atoms. The first-order valence-corrected chi connectivity index (χ1v) is 5.98. The van der Waals surface area contributed by atoms with Crippen molar-refractivity contribution in [2.45, 2.75) is 46.5 Å². The van der Waals surface area contributed by atoms with Crippen LogP contribution < -0.4 is 0 Å². The van der Waals surface area contributed by atoms with E-state index in [1.165, 1.54) is 12.0 Å². The maximum Gasteiger partial charge on any atom is 0.162 e. The van der Waals surface area contributed by atoms with Crippen molar-refractivity contribution in [2.75, 3.05) is 0 Å². The maximum absolute atomic E-state index is 11.6. The van der Waals surface area contributed by atoms with Gasteiger partial charge >= 0.3 is 0 Å². The van der Waals surface area contributed by atoms with Gasteiger partial charge in [-0.15, -0.1) is 0 Å². The summed E-state index contributed by atoms with van der Waals surface area (Å²) < 4.78 is 0. The molecule has 1 aliphatic rings. The molecule has 0 aromatic rings. The lowest BCUT2D eigenvalue weighted by molar-refractivity contribution is -0.117. The van der Waals surface area contributed by atoms with Crippen LogP contribution in [0.25, 0.3) is 0 Å². The third-order valence-corrected chi connectivity index (χ3v) is 3.01. The molecule has 1 nitrogen and oxygen atoms in total. The Hall–Kier alpha value is -0.850. The summed E-state index contributed by atoms with van der Waals surface area (Å²) in [6, 6.07) is 0. The summed E-state index contributed by atoms with van der Waals surface area (Å²) in [6.45, 7) is 6.57. The van der Waals surface area contributed by atoms with E-state index >= 15 is 0 Å². The van der Waals surface area contributed by atoms with Gasteiger partial charge in [-0.2, -0.15) is 0 Å². The first-order valence-electron chi connectivity index (χ1n) is 5.98. The van der Waals surface area contributed by atoms with E-state index in [1.54, 1.807) is 6.08 Å². The zero-order valence-electron chi connectivity index (χ0n) is 10.1. The van der Waals surface area contributed by atoms with Crippen molar-refractivity contribution in [1.82, 2.24) is 0 Å². The van der Waals surface area contributed by atoms with Crippen molar-refractivity contribution < 1.29 is 4.79 Å². The Morgan fingerprint density at radius 2 is 2.33 bits per heavy atom. The second-order valence-corrected chi connectivity index (χ2v) is 4.85. The van der Waals surface area contributed by atoms with E-state index < -0.39 is 0 Å². The van der Waals surface area contributed by atoms with Gasteiger partial charge < -0.3 is 0 Å². The highest BCUT2D eigenvalue weighted by Crippen LogP contribution is 2.23. The van der Waals surface area contributed by atoms with Crippen LogP contribution in [0.15, 0.2) is 23.8 Å². The van der Waals surface area contributed by atoms with Gasteiger partial charge in [-0.3, -0.25) is 4.79 Å². The van der Waals surface area contributed by atoms with Gasteiger partial charge in [0, 0.05) is 5.92 Å². The molecule has 0 N–H and O–H groups in total. The molecule has 0 heterocycles. The second-order valence-electron chi connectivity index (χ2n) is 4.85. The van der Waals surface area contributed by atoms with Crippen molar-refractivity contribution in [2.24, 2.45) is 11.8 Å². The molecule has 1 aliphatic carbocycles. The number of hydrogen-bond acceptors (Lipinski definition) is 1. The van der Waals surface area contributed by atoms with Gasteiger partial charge in [0.15, 0.2) is 5.78 Å². The normalized spacial score (nSPS) is 22.5. The summed E-state index contributed by atoms with van der Waals surface area (Å²) in [5.74, 6) is 1.21. The van der Waals surface area contributed by atoms with Gasteiger partial charge in [-0.05, 0) is 44.6 Å². The van der Waals surface area contributed by atoms with Gasteiger partial charge in [0.05, 0.1) is 0 Å². The van der Waals surface area contributed by atoms with Crippen LogP contribution in [0, 0.1) is 11.8 Å². The second kappa shape index (κ2) is 5.89. The molecule has 0 aromatic heterocycles. The molecule has 15 heavy (non-hydrogen) atoms. The molecule has 84 valence electrons. The highest BCUT2D eigenvalue weighted by molar-refractivity contribution is 5.94. The van der Waals surface area contributed by atoms with E-state index in [4.69, 9.17) is 0 Å². The third-order valence-electron chi connectivity index (χ3n) is 3.01. The molecule has 0 fully saturated rings. The van der Waals surface area contributed by atoms with E-state index in [9.17, 15) is 4.79 Å². The molecule has 0 radical (unpaired) electrons. The van der Waals surface area contributed by atoms with E-state index in [1.807, 2.05) is 6.08 Å². The fraction of sp³-hybridized carbons (Fsp3) is 0.643. The van der Waals surface area contributed by atoms with Crippen molar-refractivity contribution in [1.29, 1.82) is 0 Å². The molecule has 1 heteroatoms. The summed E-state index contributed by atoms with van der Waals surface area (Å²) in [7, 11) is 0. The van der Waals surface area contributed by atoms with Crippen LogP contribution >= 0.6 is 0 Å². The molecule has 1 rings (SSSR count). The monoisotopic (exact) mass is 206 g/mol. The lowest BCUT2D eigenvalue weighted by atomic mass is 9.86.